The highest BCUT2D eigenvalue weighted by atomic mass is 13.1. The quantitative estimate of drug-likeness (QED) is 0.347. The van der Waals surface area contributed by atoms with E-state index in [4.69, 9.17) is 23.2 Å². The lowest BCUT2D eigenvalue weighted by Crippen LogP contribution is -2.40. The van der Waals surface area contributed by atoms with Crippen molar-refractivity contribution in [3.63, 3.8) is 0 Å². The van der Waals surface area contributed by atoms with E-state index in [-0.39, 0.29) is 12.9 Å². The number of hydrogen-bond acceptors (Lipinski definition) is 0. The summed E-state index contributed by atoms with van der Waals surface area (Å²) in [5, 5.41) is 0. The van der Waals surface area contributed by atoms with Crippen LogP contribution >= 0.6 is 0 Å². The maximum atomic E-state index is 5.21. The molecule has 0 N–H and O–H groups in total. The van der Waals surface area contributed by atoms with Gasteiger partial charge in [-0.15, -0.1) is 6.82 Å². The van der Waals surface area contributed by atoms with E-state index in [1.54, 1.807) is 0 Å². The van der Waals surface area contributed by atoms with Crippen LogP contribution in [0.4, 0.5) is 0 Å². The molecule has 0 heterocycles. The molecule has 0 spiro atoms. The van der Waals surface area contributed by atoms with Crippen molar-refractivity contribution >= 4 is 43.2 Å². The smallest absolute Gasteiger partial charge is 0.0413 e. The Morgan fingerprint density at radius 3 is 1.86 bits per heavy atom. The molecule has 0 rings (SSSR count). The minimum absolute atomic E-state index is 0.111. The summed E-state index contributed by atoms with van der Waals surface area (Å²) >= 11 is 0. The Morgan fingerprint density at radius 1 is 1.43 bits per heavy atom. The lowest BCUT2D eigenvalue weighted by molar-refractivity contribution is 2.33. The second-order valence-corrected chi connectivity index (χ2v) is 1.63. The van der Waals surface area contributed by atoms with E-state index >= 15 is 0 Å². The van der Waals surface area contributed by atoms with Crippen molar-refractivity contribution in [3.8, 4) is 0 Å². The van der Waals surface area contributed by atoms with Gasteiger partial charge in [0.05, 0.1) is 0 Å². The Morgan fingerprint density at radius 2 is 1.86 bits per heavy atom. The average Bonchev–Trinajstić information content (AvgIpc) is 1.65. The number of rotatable bonds is 2. The standard InChI is InChI=1S/CH3B6/c1-6(5-2)7(3)4/h1H3. The van der Waals surface area contributed by atoms with Crippen molar-refractivity contribution in [3.05, 3.63) is 0 Å². The van der Waals surface area contributed by atoms with Crippen LogP contribution in [0.3, 0.4) is 0 Å². The van der Waals surface area contributed by atoms with Crippen molar-refractivity contribution in [2.45, 2.75) is 6.82 Å². The van der Waals surface area contributed by atoms with Crippen LogP contribution in [0.2, 0.25) is 6.82 Å². The zero-order chi connectivity index (χ0) is 5.86. The minimum Gasteiger partial charge on any atom is -0.101 e. The van der Waals surface area contributed by atoms with Crippen LogP contribution in [0.25, 0.3) is 0 Å². The van der Waals surface area contributed by atoms with E-state index in [0.717, 1.165) is 0 Å². The normalized spacial score (nSPS) is 7.57. The van der Waals surface area contributed by atoms with Gasteiger partial charge in [0.1, 0.15) is 0 Å². The van der Waals surface area contributed by atoms with Crippen molar-refractivity contribution in [2.24, 2.45) is 0 Å². The van der Waals surface area contributed by atoms with E-state index < -0.39 is 0 Å². The van der Waals surface area contributed by atoms with Gasteiger partial charge < -0.3 is 0 Å². The molecule has 0 aromatic rings. The molecule has 0 aromatic heterocycles. The van der Waals surface area contributed by atoms with Gasteiger partial charge in [-0.2, -0.15) is 0 Å². The average molecular weight is 79.9 g/mol. The fourth-order valence-electron chi connectivity index (χ4n) is 0.128. The zero-order valence-electron chi connectivity index (χ0n) is 4.46. The van der Waals surface area contributed by atoms with Gasteiger partial charge in [-0.3, -0.25) is 0 Å². The lowest BCUT2D eigenvalue weighted by Gasteiger charge is -2.04. The number of hydrogen-bond donors (Lipinski definition) is 0. The first-order valence-corrected chi connectivity index (χ1v) is 2.24. The second kappa shape index (κ2) is 3.40. The zero-order valence-corrected chi connectivity index (χ0v) is 4.46. The summed E-state index contributed by atoms with van der Waals surface area (Å²) in [6, 6.07) is 0. The molecule has 0 aliphatic carbocycles. The second-order valence-electron chi connectivity index (χ2n) is 1.63. The summed E-state index contributed by atoms with van der Waals surface area (Å²) in [4.78, 5) is 0. The minimum atomic E-state index is -0.315. The summed E-state index contributed by atoms with van der Waals surface area (Å²) in [6.07, 6.45) is -0.315. The molecule has 25 valence electrons. The largest absolute Gasteiger partial charge is 0.101 e. The molecule has 7 radical (unpaired) electrons. The van der Waals surface area contributed by atoms with E-state index in [2.05, 4.69) is 0 Å². The summed E-state index contributed by atoms with van der Waals surface area (Å²) in [7, 11) is 17.0. The maximum absolute atomic E-state index is 5.21. The Hall–Kier alpha value is 0.390. The molecule has 0 aromatic carbocycles. The molecule has 0 aliphatic rings. The fourth-order valence-corrected chi connectivity index (χ4v) is 0.128. The highest BCUT2D eigenvalue weighted by Crippen LogP contribution is 1.74. The maximum Gasteiger partial charge on any atom is 0.0413 e. The Bertz CT molecular complexity index is 41.4. The van der Waals surface area contributed by atoms with Crippen LogP contribution in [-0.2, 0) is 0 Å². The van der Waals surface area contributed by atoms with Crippen LogP contribution in [0.1, 0.15) is 0 Å². The third kappa shape index (κ3) is 3.02. The van der Waals surface area contributed by atoms with Crippen LogP contribution in [-0.4, -0.2) is 43.2 Å². The molecule has 0 bridgehead atoms. The molecular weight excluding hydrogens is 76.9 g/mol. The molecule has 0 aliphatic heterocycles. The van der Waals surface area contributed by atoms with Crippen LogP contribution < -0.4 is 0 Å². The monoisotopic (exact) mass is 81.1 g/mol. The summed E-state index contributed by atoms with van der Waals surface area (Å²) in [5.74, 6) is 0. The van der Waals surface area contributed by atoms with Crippen LogP contribution in [0.5, 0.6) is 0 Å². The lowest BCUT2D eigenvalue weighted by atomic mass is 8.82. The van der Waals surface area contributed by atoms with E-state index in [9.17, 15) is 0 Å². The van der Waals surface area contributed by atoms with Crippen molar-refractivity contribution in [2.75, 3.05) is 0 Å². The molecule has 0 unspecified atom stereocenters. The predicted molar refractivity (Wildman–Crippen MR) is 40.4 cm³/mol. The fraction of sp³-hybridized carbons (Fsp3) is 1.00. The molecule has 0 fully saturated rings. The van der Waals surface area contributed by atoms with Crippen molar-refractivity contribution < 1.29 is 0 Å². The van der Waals surface area contributed by atoms with E-state index in [0.29, 0.717) is 0 Å². The van der Waals surface area contributed by atoms with Gasteiger partial charge in [-0.25, -0.2) is 0 Å². The first kappa shape index (κ1) is 7.39. The van der Waals surface area contributed by atoms with E-state index in [1.165, 1.54) is 7.06 Å². The van der Waals surface area contributed by atoms with E-state index in [1.807, 2.05) is 6.82 Å². The van der Waals surface area contributed by atoms with Crippen LogP contribution in [0.15, 0.2) is 0 Å². The van der Waals surface area contributed by atoms with Gasteiger partial charge in [0, 0.05) is 43.2 Å². The van der Waals surface area contributed by atoms with Crippen molar-refractivity contribution in [1.29, 1.82) is 0 Å². The highest BCUT2D eigenvalue weighted by Gasteiger charge is 2.07. The third-order valence-electron chi connectivity index (χ3n) is 0.911. The predicted octanol–water partition coefficient (Wildman–Crippen LogP) is -1.70. The SMILES string of the molecule is [B][B]B(C)B([B])[B]. The molecule has 6 heteroatoms. The first-order valence-electron chi connectivity index (χ1n) is 2.24. The first-order chi connectivity index (χ1) is 3.18. The van der Waals surface area contributed by atoms with Crippen LogP contribution in [0, 0.1) is 0 Å². The van der Waals surface area contributed by atoms with Gasteiger partial charge in [-0.1, -0.05) is 0 Å². The molecule has 0 amide bonds. The molecular formula is CH3B6. The Kier molecular flexibility index (Phi) is 3.59. The van der Waals surface area contributed by atoms with Gasteiger partial charge in [0.25, 0.3) is 0 Å². The molecule has 0 atom stereocenters. The van der Waals surface area contributed by atoms with Gasteiger partial charge in [0.15, 0.2) is 0 Å². The molecule has 0 nitrogen and oxygen atoms in total. The molecule has 0 saturated heterocycles. The van der Waals surface area contributed by atoms with Gasteiger partial charge in [0.2, 0.25) is 0 Å². The highest BCUT2D eigenvalue weighted by molar-refractivity contribution is 7.71. The van der Waals surface area contributed by atoms with Gasteiger partial charge >= 0.3 is 0 Å². The van der Waals surface area contributed by atoms with Crippen molar-refractivity contribution in [1.82, 2.24) is 0 Å². The molecule has 7 heavy (non-hydrogen) atoms. The Balaban J connectivity index is 3.14. The summed E-state index contributed by atoms with van der Waals surface area (Å²) in [5.41, 5.74) is 0. The third-order valence-corrected chi connectivity index (χ3v) is 0.911. The topological polar surface area (TPSA) is 0 Å². The Labute approximate surface area is 50.7 Å². The summed E-state index contributed by atoms with van der Waals surface area (Å²) in [6.45, 7) is 1.98. The summed E-state index contributed by atoms with van der Waals surface area (Å²) < 4.78 is 0. The van der Waals surface area contributed by atoms with Gasteiger partial charge in [-0.05, 0) is 0 Å². The molecule has 0 saturated carbocycles.